The predicted octanol–water partition coefficient (Wildman–Crippen LogP) is 1.47. The number of nitrogens with zero attached hydrogens (tertiary/aromatic N) is 1. The van der Waals surface area contributed by atoms with Crippen molar-refractivity contribution in [3.8, 4) is 11.5 Å². The predicted molar refractivity (Wildman–Crippen MR) is 70.1 cm³/mol. The highest BCUT2D eigenvalue weighted by Crippen LogP contribution is 2.30. The number of rotatable bonds is 3. The second kappa shape index (κ2) is 5.09. The van der Waals surface area contributed by atoms with Crippen molar-refractivity contribution in [3.05, 3.63) is 23.8 Å². The number of hydrogen-bond acceptors (Lipinski definition) is 4. The lowest BCUT2D eigenvalue weighted by Crippen LogP contribution is -2.42. The molecule has 5 nitrogen and oxygen atoms in total. The fraction of sp³-hybridized carbons (Fsp3) is 0.500. The Labute approximate surface area is 112 Å². The van der Waals surface area contributed by atoms with E-state index in [1.807, 2.05) is 0 Å². The lowest BCUT2D eigenvalue weighted by Gasteiger charge is -2.28. The second-order valence-electron chi connectivity index (χ2n) is 5.33. The molecule has 0 unspecified atom stereocenters. The van der Waals surface area contributed by atoms with E-state index in [1.54, 1.807) is 7.05 Å². The van der Waals surface area contributed by atoms with Crippen LogP contribution in [0.4, 0.5) is 0 Å². The SMILES string of the molecule is CN(CC1(O)CCCC1)C(=O)c1cc(O)cc(O)c1. The Bertz CT molecular complexity index is 460. The zero-order chi connectivity index (χ0) is 14.0. The number of amides is 1. The van der Waals surface area contributed by atoms with Gasteiger partial charge in [-0.2, -0.15) is 0 Å². The van der Waals surface area contributed by atoms with E-state index in [1.165, 1.54) is 23.1 Å². The van der Waals surface area contributed by atoms with Crippen molar-refractivity contribution >= 4 is 5.91 Å². The van der Waals surface area contributed by atoms with E-state index in [9.17, 15) is 20.1 Å². The summed E-state index contributed by atoms with van der Waals surface area (Å²) in [6.07, 6.45) is 3.36. The van der Waals surface area contributed by atoms with Gasteiger partial charge >= 0.3 is 0 Å². The molecule has 0 aromatic heterocycles. The van der Waals surface area contributed by atoms with Gasteiger partial charge in [-0.25, -0.2) is 0 Å². The van der Waals surface area contributed by atoms with Gasteiger partial charge in [0.05, 0.1) is 5.60 Å². The van der Waals surface area contributed by atoms with Crippen molar-refractivity contribution in [1.82, 2.24) is 4.90 Å². The molecule has 19 heavy (non-hydrogen) atoms. The Hall–Kier alpha value is -1.75. The summed E-state index contributed by atoms with van der Waals surface area (Å²) >= 11 is 0. The van der Waals surface area contributed by atoms with Crippen LogP contribution >= 0.6 is 0 Å². The highest BCUT2D eigenvalue weighted by molar-refractivity contribution is 5.95. The Morgan fingerprint density at radius 1 is 1.21 bits per heavy atom. The summed E-state index contributed by atoms with van der Waals surface area (Å²) in [5.41, 5.74) is -0.592. The first-order chi connectivity index (χ1) is 8.89. The molecule has 2 rings (SSSR count). The molecule has 0 spiro atoms. The third kappa shape index (κ3) is 3.17. The van der Waals surface area contributed by atoms with Gasteiger partial charge in [0.2, 0.25) is 0 Å². The first kappa shape index (κ1) is 13.7. The van der Waals surface area contributed by atoms with Crippen molar-refractivity contribution < 1.29 is 20.1 Å². The summed E-state index contributed by atoms with van der Waals surface area (Å²) in [6.45, 7) is 0.266. The molecule has 3 N–H and O–H groups in total. The van der Waals surface area contributed by atoms with Crippen LogP contribution in [0.3, 0.4) is 0 Å². The highest BCUT2D eigenvalue weighted by atomic mass is 16.3. The van der Waals surface area contributed by atoms with Crippen LogP contribution in [0.15, 0.2) is 18.2 Å². The average molecular weight is 265 g/mol. The molecule has 1 aliphatic carbocycles. The molecular formula is C14H19NO4. The number of carbonyl (C=O) groups excluding carboxylic acids is 1. The molecule has 1 amide bonds. The molecule has 1 aromatic carbocycles. The van der Waals surface area contributed by atoms with Crippen molar-refractivity contribution in [2.24, 2.45) is 0 Å². The molecule has 5 heteroatoms. The first-order valence-electron chi connectivity index (χ1n) is 6.40. The van der Waals surface area contributed by atoms with Crippen LogP contribution in [0.25, 0.3) is 0 Å². The van der Waals surface area contributed by atoms with Crippen molar-refractivity contribution in [2.75, 3.05) is 13.6 Å². The summed E-state index contributed by atoms with van der Waals surface area (Å²) in [5, 5.41) is 29.0. The fourth-order valence-electron chi connectivity index (χ4n) is 2.64. The lowest BCUT2D eigenvalue weighted by atomic mass is 10.0. The number of phenolic OH excluding ortho intramolecular Hbond substituents is 2. The molecule has 0 bridgehead atoms. The van der Waals surface area contributed by atoms with Crippen molar-refractivity contribution in [2.45, 2.75) is 31.3 Å². The van der Waals surface area contributed by atoms with Gasteiger partial charge in [-0.05, 0) is 25.0 Å². The maximum atomic E-state index is 12.2. The monoisotopic (exact) mass is 265 g/mol. The zero-order valence-electron chi connectivity index (χ0n) is 11.0. The van der Waals surface area contributed by atoms with Gasteiger partial charge in [0.25, 0.3) is 5.91 Å². The van der Waals surface area contributed by atoms with Crippen molar-refractivity contribution in [1.29, 1.82) is 0 Å². The topological polar surface area (TPSA) is 81.0 Å². The molecule has 1 aliphatic rings. The van der Waals surface area contributed by atoms with E-state index < -0.39 is 5.60 Å². The Kier molecular flexibility index (Phi) is 3.66. The summed E-state index contributed by atoms with van der Waals surface area (Å²) in [6, 6.07) is 3.77. The number of aliphatic hydroxyl groups is 1. The van der Waals surface area contributed by atoms with E-state index >= 15 is 0 Å². The normalized spacial score (nSPS) is 17.4. The minimum atomic E-state index is -0.802. The molecule has 1 saturated carbocycles. The second-order valence-corrected chi connectivity index (χ2v) is 5.33. The number of likely N-dealkylation sites (N-methyl/N-ethyl adjacent to an activating group) is 1. The van der Waals surface area contributed by atoms with E-state index in [0.717, 1.165) is 12.8 Å². The van der Waals surface area contributed by atoms with Crippen LogP contribution in [0.5, 0.6) is 11.5 Å². The molecule has 0 heterocycles. The van der Waals surface area contributed by atoms with Crippen LogP contribution in [0.2, 0.25) is 0 Å². The number of carbonyl (C=O) groups is 1. The molecule has 0 radical (unpaired) electrons. The smallest absolute Gasteiger partial charge is 0.253 e. The number of phenols is 2. The minimum Gasteiger partial charge on any atom is -0.508 e. The van der Waals surface area contributed by atoms with Gasteiger partial charge in [-0.15, -0.1) is 0 Å². The Morgan fingerprint density at radius 2 is 1.74 bits per heavy atom. The Balaban J connectivity index is 2.10. The lowest BCUT2D eigenvalue weighted by molar-refractivity contribution is 0.0156. The minimum absolute atomic E-state index is 0.156. The van der Waals surface area contributed by atoms with Crippen LogP contribution in [0, 0.1) is 0 Å². The third-order valence-electron chi connectivity index (χ3n) is 3.56. The zero-order valence-corrected chi connectivity index (χ0v) is 11.0. The third-order valence-corrected chi connectivity index (χ3v) is 3.56. The molecule has 1 fully saturated rings. The summed E-state index contributed by atoms with van der Waals surface area (Å²) in [7, 11) is 1.61. The quantitative estimate of drug-likeness (QED) is 0.773. The Morgan fingerprint density at radius 3 is 2.26 bits per heavy atom. The maximum absolute atomic E-state index is 12.2. The highest BCUT2D eigenvalue weighted by Gasteiger charge is 2.33. The number of benzene rings is 1. The van der Waals surface area contributed by atoms with Gasteiger partial charge in [0.15, 0.2) is 0 Å². The van der Waals surface area contributed by atoms with Crippen LogP contribution in [0.1, 0.15) is 36.0 Å². The molecule has 0 atom stereocenters. The standard InChI is InChI=1S/C14H19NO4/c1-15(9-14(19)4-2-3-5-14)13(18)10-6-11(16)8-12(17)7-10/h6-8,16-17,19H,2-5,9H2,1H3. The van der Waals surface area contributed by atoms with Gasteiger partial charge in [-0.3, -0.25) is 4.79 Å². The summed E-state index contributed by atoms with van der Waals surface area (Å²) in [4.78, 5) is 13.6. The number of aromatic hydroxyl groups is 2. The van der Waals surface area contributed by atoms with Crippen LogP contribution < -0.4 is 0 Å². The number of hydrogen-bond donors (Lipinski definition) is 3. The molecule has 1 aromatic rings. The van der Waals surface area contributed by atoms with Gasteiger partial charge in [-0.1, -0.05) is 12.8 Å². The van der Waals surface area contributed by atoms with E-state index in [0.29, 0.717) is 12.8 Å². The summed E-state index contributed by atoms with van der Waals surface area (Å²) in [5.74, 6) is -0.640. The van der Waals surface area contributed by atoms with Crippen molar-refractivity contribution in [3.63, 3.8) is 0 Å². The van der Waals surface area contributed by atoms with E-state index in [-0.39, 0.29) is 29.5 Å². The van der Waals surface area contributed by atoms with Gasteiger partial charge < -0.3 is 20.2 Å². The summed E-state index contributed by atoms with van der Waals surface area (Å²) < 4.78 is 0. The van der Waals surface area contributed by atoms with Crippen LogP contribution in [-0.4, -0.2) is 45.3 Å². The van der Waals surface area contributed by atoms with E-state index in [2.05, 4.69) is 0 Å². The van der Waals surface area contributed by atoms with Gasteiger partial charge in [0.1, 0.15) is 11.5 Å². The van der Waals surface area contributed by atoms with Gasteiger partial charge in [0, 0.05) is 25.2 Å². The molecule has 104 valence electrons. The van der Waals surface area contributed by atoms with Crippen LogP contribution in [-0.2, 0) is 0 Å². The first-order valence-corrected chi connectivity index (χ1v) is 6.40. The largest absolute Gasteiger partial charge is 0.508 e. The average Bonchev–Trinajstić information content (AvgIpc) is 2.73. The van der Waals surface area contributed by atoms with E-state index in [4.69, 9.17) is 0 Å². The molecule has 0 saturated heterocycles. The molecule has 0 aliphatic heterocycles. The maximum Gasteiger partial charge on any atom is 0.253 e. The fourth-order valence-corrected chi connectivity index (χ4v) is 2.64. The molecular weight excluding hydrogens is 246 g/mol.